The van der Waals surface area contributed by atoms with Crippen LogP contribution < -0.4 is 4.90 Å². The Balaban J connectivity index is 1.04. The van der Waals surface area contributed by atoms with Crippen molar-refractivity contribution in [3.05, 3.63) is 217 Å². The third kappa shape index (κ3) is 7.58. The second-order valence-corrected chi connectivity index (χ2v) is 30.4. The molecule has 4 aliphatic rings. The van der Waals surface area contributed by atoms with Crippen molar-refractivity contribution < 1.29 is 0 Å². The van der Waals surface area contributed by atoms with E-state index in [1.807, 2.05) is 0 Å². The van der Waals surface area contributed by atoms with E-state index < -0.39 is 0 Å². The Kier molecular flexibility index (Phi) is 10.9. The molecule has 0 radical (unpaired) electrons. The molecule has 394 valence electrons. The Labute approximate surface area is 463 Å². The van der Waals surface area contributed by atoms with Gasteiger partial charge in [0.15, 0.2) is 0 Å². The summed E-state index contributed by atoms with van der Waals surface area (Å²) in [5.41, 5.74) is 30.3. The zero-order valence-corrected chi connectivity index (χ0v) is 50.4. The molecule has 0 fully saturated rings. The second-order valence-electron chi connectivity index (χ2n) is 30.4. The molecule has 0 aliphatic heterocycles. The summed E-state index contributed by atoms with van der Waals surface area (Å²) in [6.07, 6.45) is 0.933. The molecule has 0 saturated carbocycles. The van der Waals surface area contributed by atoms with Crippen molar-refractivity contribution in [2.24, 2.45) is 0 Å². The van der Waals surface area contributed by atoms with Gasteiger partial charge in [0.1, 0.15) is 0 Å². The summed E-state index contributed by atoms with van der Waals surface area (Å²) >= 11 is 0. The smallest absolute Gasteiger partial charge is 0.0468 e. The van der Waals surface area contributed by atoms with Gasteiger partial charge in [0, 0.05) is 44.6 Å². The highest BCUT2D eigenvalue weighted by atomic mass is 15.1. The van der Waals surface area contributed by atoms with Gasteiger partial charge in [-0.3, -0.25) is 0 Å². The van der Waals surface area contributed by atoms with Crippen molar-refractivity contribution in [3.63, 3.8) is 0 Å². The van der Waals surface area contributed by atoms with Crippen LogP contribution >= 0.6 is 0 Å². The van der Waals surface area contributed by atoms with Crippen molar-refractivity contribution in [1.82, 2.24) is 0 Å². The normalized spacial score (nSPS) is 16.9. The van der Waals surface area contributed by atoms with Gasteiger partial charge in [-0.2, -0.15) is 0 Å². The third-order valence-electron chi connectivity index (χ3n) is 19.7. The molecule has 8 aromatic carbocycles. The fourth-order valence-corrected chi connectivity index (χ4v) is 14.6. The zero-order valence-electron chi connectivity index (χ0n) is 50.4. The molecule has 0 saturated heterocycles. The molecular weight excluding hydrogens is 927 g/mol. The van der Waals surface area contributed by atoms with E-state index in [4.69, 9.17) is 0 Å². The highest BCUT2D eigenvalue weighted by Crippen LogP contribution is 2.68. The average molecular weight is 1010 g/mol. The van der Waals surface area contributed by atoms with Gasteiger partial charge in [0.25, 0.3) is 0 Å². The summed E-state index contributed by atoms with van der Waals surface area (Å²) in [5, 5.41) is 3.01. The summed E-state index contributed by atoms with van der Waals surface area (Å²) in [5.74, 6) is 0.213. The van der Waals surface area contributed by atoms with Gasteiger partial charge in [-0.05, 0) is 181 Å². The van der Waals surface area contributed by atoms with E-state index in [0.717, 1.165) is 6.42 Å². The Morgan fingerprint density at radius 2 is 0.584 bits per heavy atom. The Morgan fingerprint density at radius 3 is 0.896 bits per heavy atom. The second kappa shape index (κ2) is 16.2. The molecule has 1 heteroatoms. The van der Waals surface area contributed by atoms with E-state index in [1.165, 1.54) is 134 Å². The molecule has 0 heterocycles. The van der Waals surface area contributed by atoms with Crippen LogP contribution in [-0.2, 0) is 49.7 Å². The highest BCUT2D eigenvalue weighted by molar-refractivity contribution is 6.18. The van der Waals surface area contributed by atoms with Gasteiger partial charge in [0.05, 0.1) is 0 Å². The molecule has 4 aliphatic carbocycles. The molecule has 0 bridgehead atoms. The van der Waals surface area contributed by atoms with Crippen LogP contribution in [0.15, 0.2) is 133 Å². The monoisotopic (exact) mass is 1010 g/mol. The highest BCUT2D eigenvalue weighted by Gasteiger charge is 2.52. The lowest BCUT2D eigenvalue weighted by Gasteiger charge is -2.41. The zero-order chi connectivity index (χ0) is 55.3. The molecule has 0 atom stereocenters. The molecule has 77 heavy (non-hydrogen) atoms. The lowest BCUT2D eigenvalue weighted by Crippen LogP contribution is -2.28. The first-order valence-electron chi connectivity index (χ1n) is 29.0. The van der Waals surface area contributed by atoms with Gasteiger partial charge in [-0.1, -0.05) is 236 Å². The molecule has 0 amide bonds. The van der Waals surface area contributed by atoms with E-state index >= 15 is 0 Å². The fraction of sp³-hybridized carbons (Fsp3) is 0.395. The molecule has 8 aromatic rings. The van der Waals surface area contributed by atoms with Gasteiger partial charge in [-0.15, -0.1) is 0 Å². The molecule has 0 unspecified atom stereocenters. The largest absolute Gasteiger partial charge is 0.310 e. The van der Waals surface area contributed by atoms with E-state index in [9.17, 15) is 0 Å². The van der Waals surface area contributed by atoms with Crippen molar-refractivity contribution in [2.75, 3.05) is 4.90 Å². The van der Waals surface area contributed by atoms with Crippen LogP contribution in [0.5, 0.6) is 0 Å². The van der Waals surface area contributed by atoms with Gasteiger partial charge in [-0.25, -0.2) is 0 Å². The quantitative estimate of drug-likeness (QED) is 0.154. The first kappa shape index (κ1) is 51.6. The maximum absolute atomic E-state index is 2.70. The van der Waals surface area contributed by atoms with Crippen LogP contribution in [-0.4, -0.2) is 0 Å². The van der Waals surface area contributed by atoms with Crippen molar-refractivity contribution in [3.8, 4) is 22.3 Å². The van der Waals surface area contributed by atoms with Crippen molar-refractivity contribution in [2.45, 2.75) is 194 Å². The minimum atomic E-state index is -0.283. The number of hydrogen-bond acceptors (Lipinski definition) is 1. The standard InChI is InChI=1S/C76H85N/c1-69(2,3)47-25-21-45(22-26-47)54(46-23-27-48(28-24-46)70(4,5)6)37-44-38-55-63-56(39-44)74(15,16)61-43-60-66-64-57(75(60,17)18)40-53(41-58(64)76(19,20)62-42-59(73(55,13)14)65(63)67(61)68(62)66)77(51-33-29-49(30-34-51)71(7,8)9)52-35-31-50(32-36-52)72(10,11)12/h21-36,38-43,54H,37H2,1-20H3. The summed E-state index contributed by atoms with van der Waals surface area (Å²) < 4.78 is 0. The predicted octanol–water partition coefficient (Wildman–Crippen LogP) is 20.8. The van der Waals surface area contributed by atoms with Crippen molar-refractivity contribution >= 4 is 27.8 Å². The van der Waals surface area contributed by atoms with E-state index in [0.29, 0.717) is 0 Å². The minimum Gasteiger partial charge on any atom is -0.310 e. The fourth-order valence-electron chi connectivity index (χ4n) is 14.6. The molecule has 0 N–H and O–H groups in total. The molecule has 0 spiro atoms. The number of benzene rings is 8. The van der Waals surface area contributed by atoms with Crippen LogP contribution in [0, 0.1) is 0 Å². The topological polar surface area (TPSA) is 3.24 Å². The first-order valence-corrected chi connectivity index (χ1v) is 29.0. The molecule has 0 aromatic heterocycles. The van der Waals surface area contributed by atoms with Gasteiger partial charge >= 0.3 is 0 Å². The third-order valence-corrected chi connectivity index (χ3v) is 19.7. The number of anilines is 3. The maximum atomic E-state index is 2.70. The van der Waals surface area contributed by atoms with Crippen molar-refractivity contribution in [1.29, 1.82) is 0 Å². The van der Waals surface area contributed by atoms with Gasteiger partial charge in [0.2, 0.25) is 0 Å². The Morgan fingerprint density at radius 1 is 0.312 bits per heavy atom. The predicted molar refractivity (Wildman–Crippen MR) is 331 cm³/mol. The van der Waals surface area contributed by atoms with E-state index in [1.54, 1.807) is 0 Å². The van der Waals surface area contributed by atoms with Crippen LogP contribution in [0.2, 0.25) is 0 Å². The Hall–Kier alpha value is -6.18. The lowest BCUT2D eigenvalue weighted by molar-refractivity contribution is 0.589. The van der Waals surface area contributed by atoms with Crippen LogP contribution in [0.3, 0.4) is 0 Å². The number of nitrogens with zero attached hydrogens (tertiary/aromatic N) is 1. The van der Waals surface area contributed by atoms with E-state index in [-0.39, 0.29) is 49.2 Å². The summed E-state index contributed by atoms with van der Waals surface area (Å²) in [7, 11) is 0. The summed E-state index contributed by atoms with van der Waals surface area (Å²) in [6.45, 7) is 48.0. The van der Waals surface area contributed by atoms with Crippen LogP contribution in [0.1, 0.15) is 228 Å². The average Bonchev–Trinajstić information content (AvgIpc) is 2.90. The van der Waals surface area contributed by atoms with E-state index in [2.05, 4.69) is 277 Å². The number of rotatable bonds is 7. The Bertz CT molecular complexity index is 3630. The SMILES string of the molecule is CC(C)(C)c1ccc(C(Cc2cc3c4c(c2)C(C)(C)c2cc5c6c7c(cc(c-4c27)C3(C)C)C(C)(C)c2cc(N(c3ccc(C(C)(C)C)cc3)c3ccc(C(C)(C)C)cc3)cc(c2-6)C5(C)C)c2ccc(C(C)(C)C)cc2)cc1. The summed E-state index contributed by atoms with van der Waals surface area (Å²) in [4.78, 5) is 2.53. The molecule has 1 nitrogen and oxygen atoms in total. The first-order chi connectivity index (χ1) is 35.7. The van der Waals surface area contributed by atoms with Crippen LogP contribution in [0.25, 0.3) is 33.0 Å². The van der Waals surface area contributed by atoms with Crippen LogP contribution in [0.4, 0.5) is 17.1 Å². The molecule has 12 rings (SSSR count). The lowest BCUT2D eigenvalue weighted by atomic mass is 9.62. The van der Waals surface area contributed by atoms with Gasteiger partial charge < -0.3 is 4.90 Å². The summed E-state index contributed by atoms with van der Waals surface area (Å²) in [6, 6.07) is 53.8. The number of hydrogen-bond donors (Lipinski definition) is 0. The minimum absolute atomic E-state index is 0.0598. The molecular formula is C76H85N. The maximum Gasteiger partial charge on any atom is 0.0468 e.